The first-order valence-corrected chi connectivity index (χ1v) is 15.9. The normalized spacial score (nSPS) is 15.7. The van der Waals surface area contributed by atoms with Crippen molar-refractivity contribution in [2.24, 2.45) is 0 Å². The molecule has 206 valence electrons. The van der Waals surface area contributed by atoms with Crippen molar-refractivity contribution < 1.29 is 0 Å². The van der Waals surface area contributed by atoms with Gasteiger partial charge in [-0.05, 0) is 6.42 Å². The summed E-state index contributed by atoms with van der Waals surface area (Å²) in [5.41, 5.74) is 0. The second-order valence-corrected chi connectivity index (χ2v) is 19.2. The van der Waals surface area contributed by atoms with Gasteiger partial charge in [0.05, 0.1) is 0 Å². The minimum atomic E-state index is -2.93. The molecular formula is C17H19Cl17. The van der Waals surface area contributed by atoms with Gasteiger partial charge in [-0.15, -0.1) is 0 Å². The van der Waals surface area contributed by atoms with E-state index >= 15 is 0 Å². The Balaban J connectivity index is 5.98. The van der Waals surface area contributed by atoms with Crippen LogP contribution in [-0.2, 0) is 0 Å². The second kappa shape index (κ2) is 13.9. The topological polar surface area (TPSA) is 0 Å². The van der Waals surface area contributed by atoms with Gasteiger partial charge in [0.15, 0.2) is 26.0 Å². The number of unbranched alkanes of at least 4 members (excludes halogenated alkanes) is 6. The van der Waals surface area contributed by atoms with Gasteiger partial charge >= 0.3 is 0 Å². The van der Waals surface area contributed by atoms with Crippen molar-refractivity contribution in [3.8, 4) is 0 Å². The molecule has 0 aromatic heterocycles. The summed E-state index contributed by atoms with van der Waals surface area (Å²) >= 11 is 106. The van der Waals surface area contributed by atoms with Crippen LogP contribution in [0.2, 0.25) is 0 Å². The highest BCUT2D eigenvalue weighted by Gasteiger charge is 2.80. The number of hydrogen-bond donors (Lipinski definition) is 0. The molecular weight excluding hydrogens is 807 g/mol. The molecule has 17 heteroatoms. The Labute approximate surface area is 286 Å². The molecule has 0 aromatic carbocycles. The minimum Gasteiger partial charge on any atom is -0.0982 e. The molecule has 0 saturated heterocycles. The average Bonchev–Trinajstić information content (AvgIpc) is 2.65. The van der Waals surface area contributed by atoms with E-state index in [-0.39, 0.29) is 6.42 Å². The van der Waals surface area contributed by atoms with Crippen LogP contribution in [0.3, 0.4) is 0 Å². The second-order valence-electron chi connectivity index (χ2n) is 7.52. The molecule has 0 rings (SSSR count). The number of rotatable bonds is 14. The van der Waals surface area contributed by atoms with Crippen molar-refractivity contribution in [1.29, 1.82) is 0 Å². The van der Waals surface area contributed by atoms with Gasteiger partial charge in [0.1, 0.15) is 0 Å². The minimum absolute atomic E-state index is 0.0372. The van der Waals surface area contributed by atoms with Crippen molar-refractivity contribution in [3.63, 3.8) is 0 Å². The van der Waals surface area contributed by atoms with Crippen LogP contribution in [0, 0.1) is 0 Å². The first kappa shape index (κ1) is 38.9. The molecule has 0 radical (unpaired) electrons. The zero-order valence-electron chi connectivity index (χ0n) is 17.1. The largest absolute Gasteiger partial charge is 0.226 e. The SMILES string of the molecule is CCCCCCCCCC(Cl)(Cl)C(Cl)(Cl)C(Cl)(Cl)C(Cl)(Cl)C(Cl)(Cl)C(Cl)(Cl)C(Cl)(Cl)C(Cl)(Cl)Cl. The van der Waals surface area contributed by atoms with E-state index in [4.69, 9.17) is 197 Å². The van der Waals surface area contributed by atoms with E-state index in [1.54, 1.807) is 0 Å². The zero-order chi connectivity index (χ0) is 27.7. The molecule has 0 amide bonds. The van der Waals surface area contributed by atoms with E-state index in [0.717, 1.165) is 38.5 Å². The first-order valence-electron chi connectivity index (χ1n) is 9.52. The molecule has 0 aliphatic carbocycles. The van der Waals surface area contributed by atoms with Gasteiger partial charge in [0.2, 0.25) is 8.13 Å². The Morgan fingerprint density at radius 2 is 0.647 bits per heavy atom. The van der Waals surface area contributed by atoms with Gasteiger partial charge in [-0.25, -0.2) is 0 Å². The van der Waals surface area contributed by atoms with Crippen LogP contribution in [0.25, 0.3) is 0 Å². The Morgan fingerprint density at radius 1 is 0.353 bits per heavy atom. The summed E-state index contributed by atoms with van der Waals surface area (Å²) < 4.78 is -21.4. The van der Waals surface area contributed by atoms with Crippen molar-refractivity contribution in [1.82, 2.24) is 0 Å². The lowest BCUT2D eigenvalue weighted by Crippen LogP contribution is -2.70. The Morgan fingerprint density at radius 3 is 1.00 bits per heavy atom. The summed E-state index contributed by atoms with van der Waals surface area (Å²) in [5.74, 6) is 0. The van der Waals surface area contributed by atoms with Gasteiger partial charge in [-0.1, -0.05) is 249 Å². The Kier molecular flexibility index (Phi) is 16.0. The molecule has 0 bridgehead atoms. The van der Waals surface area contributed by atoms with Crippen LogP contribution in [0.5, 0.6) is 0 Å². The molecule has 0 fully saturated rings. The predicted molar refractivity (Wildman–Crippen MR) is 164 cm³/mol. The molecule has 0 saturated carbocycles. The molecule has 0 atom stereocenters. The maximum atomic E-state index is 6.47. The summed E-state index contributed by atoms with van der Waals surface area (Å²) in [6.07, 6.45) is 6.74. The van der Waals surface area contributed by atoms with Crippen LogP contribution in [0.4, 0.5) is 0 Å². The van der Waals surface area contributed by atoms with Crippen LogP contribution in [-0.4, -0.2) is 34.1 Å². The summed E-state index contributed by atoms with van der Waals surface area (Å²) in [4.78, 5) is 0. The Bertz CT molecular complexity index is 647. The first-order chi connectivity index (χ1) is 14.8. The van der Waals surface area contributed by atoms with Gasteiger partial charge in [0.25, 0.3) is 0 Å². The number of halogens is 17. The van der Waals surface area contributed by atoms with E-state index in [1.807, 2.05) is 0 Å². The molecule has 0 aliphatic rings. The third-order valence-corrected chi connectivity index (χ3v) is 16.5. The molecule has 0 nitrogen and oxygen atoms in total. The monoisotopic (exact) mass is 818 g/mol. The van der Waals surface area contributed by atoms with Crippen molar-refractivity contribution in [3.05, 3.63) is 0 Å². The lowest BCUT2D eigenvalue weighted by atomic mass is 10.00. The maximum Gasteiger partial charge on any atom is 0.226 e. The lowest BCUT2D eigenvalue weighted by molar-refractivity contribution is 0.435. The standard InChI is InChI=1S/C17H19Cl17/c1-2-3-4-5-6-7-8-9-10(18,19)11(20,21)12(22,23)13(24,25)14(26,27)15(28,29)16(30,31)17(32,33)34/h2-9H2,1H3. The molecule has 0 aliphatic heterocycles. The average molecular weight is 826 g/mol. The fourth-order valence-corrected chi connectivity index (χ4v) is 7.95. The number of hydrogen-bond acceptors (Lipinski definition) is 0. The van der Waals surface area contributed by atoms with Crippen LogP contribution in [0.1, 0.15) is 58.3 Å². The van der Waals surface area contributed by atoms with E-state index in [2.05, 4.69) is 6.92 Å². The molecule has 34 heavy (non-hydrogen) atoms. The number of alkyl halides is 17. The third kappa shape index (κ3) is 7.85. The zero-order valence-corrected chi connectivity index (χ0v) is 29.9. The summed E-state index contributed by atoms with van der Waals surface area (Å²) in [7, 11) is 0. The van der Waals surface area contributed by atoms with Crippen molar-refractivity contribution in [2.75, 3.05) is 0 Å². The highest BCUT2D eigenvalue weighted by atomic mass is 35.6. The van der Waals surface area contributed by atoms with Crippen LogP contribution in [0.15, 0.2) is 0 Å². The Hall–Kier alpha value is 4.93. The van der Waals surface area contributed by atoms with E-state index < -0.39 is 34.1 Å². The van der Waals surface area contributed by atoms with Gasteiger partial charge in [-0.3, -0.25) is 0 Å². The summed E-state index contributed by atoms with van der Waals surface area (Å²) in [6.45, 7) is 2.13. The fourth-order valence-electron chi connectivity index (χ4n) is 2.66. The fraction of sp³-hybridized carbons (Fsp3) is 1.00. The summed E-state index contributed by atoms with van der Waals surface area (Å²) in [6, 6.07) is 0. The lowest BCUT2D eigenvalue weighted by Gasteiger charge is -2.54. The highest BCUT2D eigenvalue weighted by Crippen LogP contribution is 2.72. The van der Waals surface area contributed by atoms with Crippen molar-refractivity contribution >= 4 is 197 Å². The third-order valence-electron chi connectivity index (χ3n) is 4.88. The highest BCUT2D eigenvalue weighted by molar-refractivity contribution is 6.83. The molecule has 0 unspecified atom stereocenters. The van der Waals surface area contributed by atoms with Crippen molar-refractivity contribution in [2.45, 2.75) is 92.4 Å². The molecule has 0 spiro atoms. The van der Waals surface area contributed by atoms with Gasteiger partial charge < -0.3 is 0 Å². The van der Waals surface area contributed by atoms with Crippen LogP contribution < -0.4 is 0 Å². The van der Waals surface area contributed by atoms with E-state index in [0.29, 0.717) is 6.42 Å². The molecule has 0 N–H and O–H groups in total. The van der Waals surface area contributed by atoms with Crippen LogP contribution >= 0.6 is 197 Å². The van der Waals surface area contributed by atoms with Gasteiger partial charge in [0, 0.05) is 0 Å². The van der Waals surface area contributed by atoms with Gasteiger partial charge in [-0.2, -0.15) is 0 Å². The smallest absolute Gasteiger partial charge is 0.0982 e. The quantitative estimate of drug-likeness (QED) is 0.121. The van der Waals surface area contributed by atoms with E-state index in [9.17, 15) is 0 Å². The molecule has 0 heterocycles. The predicted octanol–water partition coefficient (Wildman–Crippen LogP) is 13.7. The summed E-state index contributed by atoms with van der Waals surface area (Å²) in [5, 5.41) is 0. The van der Waals surface area contributed by atoms with E-state index in [1.165, 1.54) is 0 Å². The molecule has 0 aromatic rings. The maximum absolute atomic E-state index is 6.47.